The van der Waals surface area contributed by atoms with Crippen molar-refractivity contribution in [2.75, 3.05) is 0 Å². The normalized spacial score (nSPS) is 21.0. The first kappa shape index (κ1) is 18.8. The maximum atomic E-state index is 14.8. The summed E-state index contributed by atoms with van der Waals surface area (Å²) in [7, 11) is 0. The molecule has 3 aromatic rings. The molecule has 3 aromatic carbocycles. The van der Waals surface area contributed by atoms with Crippen molar-refractivity contribution in [3.63, 3.8) is 0 Å². The van der Waals surface area contributed by atoms with Crippen LogP contribution in [0.5, 0.6) is 11.5 Å². The van der Waals surface area contributed by atoms with Crippen LogP contribution in [-0.2, 0) is 6.42 Å². The first-order valence-electron chi connectivity index (χ1n) is 9.56. The van der Waals surface area contributed by atoms with Crippen LogP contribution in [0, 0.1) is 0 Å². The van der Waals surface area contributed by atoms with Gasteiger partial charge in [-0.05, 0) is 66.8 Å². The molecule has 0 aromatic heterocycles. The molecule has 0 spiro atoms. The molecule has 2 unspecified atom stereocenters. The van der Waals surface area contributed by atoms with E-state index >= 15 is 0 Å². The van der Waals surface area contributed by atoms with Crippen molar-refractivity contribution in [1.29, 1.82) is 0 Å². The van der Waals surface area contributed by atoms with Crippen molar-refractivity contribution in [3.05, 3.63) is 107 Å². The Morgan fingerprint density at radius 3 is 2.50 bits per heavy atom. The molecule has 1 aliphatic carbocycles. The fourth-order valence-electron chi connectivity index (χ4n) is 3.45. The van der Waals surface area contributed by atoms with Gasteiger partial charge < -0.3 is 4.74 Å². The van der Waals surface area contributed by atoms with E-state index in [2.05, 4.69) is 6.07 Å². The van der Waals surface area contributed by atoms with Gasteiger partial charge in [-0.1, -0.05) is 66.2 Å². The highest BCUT2D eigenvalue weighted by Gasteiger charge is 2.53. The highest BCUT2D eigenvalue weighted by atomic mass is 35.5. The van der Waals surface area contributed by atoms with E-state index in [1.165, 1.54) is 5.56 Å². The van der Waals surface area contributed by atoms with Gasteiger partial charge in [-0.3, -0.25) is 0 Å². The summed E-state index contributed by atoms with van der Waals surface area (Å²) in [5.74, 6) is 1.59. The Balaban J connectivity index is 1.30. The Kier molecular flexibility index (Phi) is 5.50. The fraction of sp³-hybridized carbons (Fsp3) is 0.200. The van der Waals surface area contributed by atoms with Crippen molar-refractivity contribution >= 4 is 11.6 Å². The molecule has 28 heavy (non-hydrogen) atoms. The van der Waals surface area contributed by atoms with Crippen LogP contribution in [0.15, 0.2) is 91.0 Å². The van der Waals surface area contributed by atoms with Crippen LogP contribution in [0.25, 0.3) is 0 Å². The van der Waals surface area contributed by atoms with Crippen molar-refractivity contribution in [2.24, 2.45) is 0 Å². The molecule has 1 aliphatic rings. The predicted octanol–water partition coefficient (Wildman–Crippen LogP) is 7.52. The van der Waals surface area contributed by atoms with Crippen LogP contribution >= 0.6 is 11.6 Å². The molecular weight excluding hydrogens is 371 g/mol. The molecule has 0 bridgehead atoms. The maximum absolute atomic E-state index is 14.8. The van der Waals surface area contributed by atoms with Gasteiger partial charge in [0.15, 0.2) is 0 Å². The summed E-state index contributed by atoms with van der Waals surface area (Å²) in [6.45, 7) is 0. The molecule has 1 saturated carbocycles. The molecular formula is C25H22ClFO. The zero-order valence-electron chi connectivity index (χ0n) is 15.5. The third kappa shape index (κ3) is 4.63. The molecule has 0 saturated heterocycles. The minimum absolute atomic E-state index is 0.0522. The van der Waals surface area contributed by atoms with E-state index in [1.807, 2.05) is 78.9 Å². The molecule has 1 nitrogen and oxygen atoms in total. The minimum atomic E-state index is -1.22. The minimum Gasteiger partial charge on any atom is -0.457 e. The number of hydrogen-bond donors (Lipinski definition) is 0. The number of alkyl halides is 1. The van der Waals surface area contributed by atoms with Crippen LogP contribution in [-0.4, -0.2) is 5.67 Å². The number of halogens is 2. The molecule has 0 radical (unpaired) electrons. The number of rotatable bonds is 7. The van der Waals surface area contributed by atoms with Gasteiger partial charge in [-0.2, -0.15) is 0 Å². The Labute approximate surface area is 170 Å². The van der Waals surface area contributed by atoms with E-state index in [4.69, 9.17) is 16.3 Å². The lowest BCUT2D eigenvalue weighted by Crippen LogP contribution is -1.98. The number of hydrogen-bond acceptors (Lipinski definition) is 1. The molecule has 0 amide bonds. The second-order valence-electron chi connectivity index (χ2n) is 7.24. The number of para-hydroxylation sites is 1. The van der Waals surface area contributed by atoms with Gasteiger partial charge in [0.1, 0.15) is 17.2 Å². The van der Waals surface area contributed by atoms with Gasteiger partial charge in [-0.25, -0.2) is 4.39 Å². The quantitative estimate of drug-likeness (QED) is 0.378. The number of ether oxygens (including phenoxy) is 1. The highest BCUT2D eigenvalue weighted by Crippen LogP contribution is 2.55. The van der Waals surface area contributed by atoms with E-state index < -0.39 is 5.67 Å². The zero-order valence-corrected chi connectivity index (χ0v) is 16.3. The van der Waals surface area contributed by atoms with Crippen molar-refractivity contribution in [1.82, 2.24) is 0 Å². The highest BCUT2D eigenvalue weighted by molar-refractivity contribution is 6.30. The third-order valence-corrected chi connectivity index (χ3v) is 5.33. The third-order valence-electron chi connectivity index (χ3n) is 5.08. The monoisotopic (exact) mass is 392 g/mol. The molecule has 0 heterocycles. The molecule has 4 rings (SSSR count). The van der Waals surface area contributed by atoms with Gasteiger partial charge in [-0.15, -0.1) is 0 Å². The molecule has 0 N–H and O–H groups in total. The lowest BCUT2D eigenvalue weighted by atomic mass is 10.1. The molecule has 1 fully saturated rings. The summed E-state index contributed by atoms with van der Waals surface area (Å²) < 4.78 is 20.7. The van der Waals surface area contributed by atoms with E-state index in [0.717, 1.165) is 29.9 Å². The number of allylic oxidation sites excluding steroid dienone is 2. The Hall–Kier alpha value is -2.58. The van der Waals surface area contributed by atoms with E-state index in [9.17, 15) is 4.39 Å². The summed E-state index contributed by atoms with van der Waals surface area (Å²) in [6, 6.07) is 25.3. The zero-order chi connectivity index (χ0) is 19.4. The van der Waals surface area contributed by atoms with Crippen LogP contribution in [0.4, 0.5) is 4.39 Å². The predicted molar refractivity (Wildman–Crippen MR) is 113 cm³/mol. The second-order valence-corrected chi connectivity index (χ2v) is 7.68. The Morgan fingerprint density at radius 2 is 1.71 bits per heavy atom. The van der Waals surface area contributed by atoms with Gasteiger partial charge >= 0.3 is 0 Å². The van der Waals surface area contributed by atoms with Gasteiger partial charge in [0.05, 0.1) is 0 Å². The first-order valence-corrected chi connectivity index (χ1v) is 9.94. The smallest absolute Gasteiger partial charge is 0.136 e. The van der Waals surface area contributed by atoms with Gasteiger partial charge in [0.25, 0.3) is 0 Å². The second kappa shape index (κ2) is 8.20. The largest absolute Gasteiger partial charge is 0.457 e. The van der Waals surface area contributed by atoms with Crippen LogP contribution in [0.1, 0.15) is 29.9 Å². The molecule has 0 aliphatic heterocycles. The topological polar surface area (TPSA) is 9.23 Å². The summed E-state index contributed by atoms with van der Waals surface area (Å²) in [4.78, 5) is 0. The molecule has 142 valence electrons. The van der Waals surface area contributed by atoms with Crippen LogP contribution < -0.4 is 4.74 Å². The average Bonchev–Trinajstić information content (AvgIpc) is 3.38. The molecule has 2 atom stereocenters. The van der Waals surface area contributed by atoms with Crippen molar-refractivity contribution in [3.8, 4) is 11.5 Å². The maximum Gasteiger partial charge on any atom is 0.136 e. The SMILES string of the molecule is FC1(C=CCCc2cccc(Oc3ccccc3)c2)CC1c1ccc(Cl)cc1. The van der Waals surface area contributed by atoms with E-state index in [0.29, 0.717) is 11.4 Å². The summed E-state index contributed by atoms with van der Waals surface area (Å²) in [5, 5.41) is 0.683. The summed E-state index contributed by atoms with van der Waals surface area (Å²) in [5.41, 5.74) is 0.977. The Morgan fingerprint density at radius 1 is 0.964 bits per heavy atom. The van der Waals surface area contributed by atoms with Gasteiger partial charge in [0, 0.05) is 10.9 Å². The van der Waals surface area contributed by atoms with E-state index in [1.54, 1.807) is 6.08 Å². The average molecular weight is 393 g/mol. The first-order chi connectivity index (χ1) is 13.6. The number of benzene rings is 3. The van der Waals surface area contributed by atoms with E-state index in [-0.39, 0.29) is 5.92 Å². The van der Waals surface area contributed by atoms with Gasteiger partial charge in [0.2, 0.25) is 0 Å². The van der Waals surface area contributed by atoms with Crippen LogP contribution in [0.2, 0.25) is 5.02 Å². The summed E-state index contributed by atoms with van der Waals surface area (Å²) in [6.07, 6.45) is 5.89. The lowest BCUT2D eigenvalue weighted by molar-refractivity contribution is 0.368. The van der Waals surface area contributed by atoms with Crippen LogP contribution in [0.3, 0.4) is 0 Å². The standard InChI is InChI=1S/C25H22ClFO/c26-21-14-12-20(13-15-21)24-18-25(24,27)16-5-4-7-19-8-6-11-23(17-19)28-22-9-2-1-3-10-22/h1-3,5-6,8-17,24H,4,7,18H2. The molecule has 3 heteroatoms. The van der Waals surface area contributed by atoms with Crippen molar-refractivity contribution in [2.45, 2.75) is 30.8 Å². The lowest BCUT2D eigenvalue weighted by Gasteiger charge is -2.07. The fourth-order valence-corrected chi connectivity index (χ4v) is 3.57. The van der Waals surface area contributed by atoms with Crippen molar-refractivity contribution < 1.29 is 9.13 Å². The Bertz CT molecular complexity index is 952. The number of aryl methyl sites for hydroxylation is 1. The summed E-state index contributed by atoms with van der Waals surface area (Å²) >= 11 is 5.91.